The molecule has 0 spiro atoms. The third kappa shape index (κ3) is 2.06. The Kier molecular flexibility index (Phi) is 3.32. The molecular weight excluding hydrogens is 306 g/mol. The van der Waals surface area contributed by atoms with Crippen LogP contribution in [-0.2, 0) is 6.54 Å². The summed E-state index contributed by atoms with van der Waals surface area (Å²) in [7, 11) is 0. The van der Waals surface area contributed by atoms with Crippen molar-refractivity contribution < 1.29 is 0 Å². The first kappa shape index (κ1) is 13.9. The molecule has 1 aromatic carbocycles. The number of nitriles is 1. The van der Waals surface area contributed by atoms with Crippen LogP contribution in [0, 0.1) is 23.0 Å². The molecule has 0 aliphatic carbocycles. The maximum absolute atomic E-state index is 9.33. The van der Waals surface area contributed by atoms with E-state index in [9.17, 15) is 5.26 Å². The summed E-state index contributed by atoms with van der Waals surface area (Å²) in [5, 5.41) is 14.4. The molecule has 21 heavy (non-hydrogen) atoms. The number of aromatic amines is 1. The Labute approximate surface area is 131 Å². The average molecular weight is 318 g/mol. The highest BCUT2D eigenvalue weighted by molar-refractivity contribution is 7.71. The molecule has 0 aliphatic heterocycles. The molecule has 1 N–H and O–H groups in total. The summed E-state index contributed by atoms with van der Waals surface area (Å²) < 4.78 is 4.20. The summed E-state index contributed by atoms with van der Waals surface area (Å²) in [6.45, 7) is 4.64. The van der Waals surface area contributed by atoms with E-state index in [0.29, 0.717) is 27.6 Å². The van der Waals surface area contributed by atoms with Crippen molar-refractivity contribution in [1.82, 2.24) is 19.3 Å². The molecule has 2 aromatic heterocycles. The fourth-order valence-corrected chi connectivity index (χ4v) is 2.88. The third-order valence-electron chi connectivity index (χ3n) is 3.37. The molecule has 0 amide bonds. The number of aromatic nitrogens is 4. The Bertz CT molecular complexity index is 941. The van der Waals surface area contributed by atoms with Crippen LogP contribution in [0.2, 0.25) is 5.02 Å². The van der Waals surface area contributed by atoms with Crippen LogP contribution in [0.5, 0.6) is 0 Å². The molecule has 7 heteroatoms. The zero-order valence-corrected chi connectivity index (χ0v) is 13.1. The van der Waals surface area contributed by atoms with Gasteiger partial charge in [0, 0.05) is 11.6 Å². The number of benzene rings is 1. The second-order valence-electron chi connectivity index (χ2n) is 4.64. The Morgan fingerprint density at radius 2 is 2.24 bits per heavy atom. The molecule has 3 rings (SSSR count). The van der Waals surface area contributed by atoms with E-state index >= 15 is 0 Å². The number of nitrogens with one attached hydrogen (secondary N) is 1. The summed E-state index contributed by atoms with van der Waals surface area (Å²) in [4.78, 5) is 3.16. The number of halogens is 1. The number of fused-ring (bicyclic) bond motifs is 1. The predicted octanol–water partition coefficient (Wildman–Crippen LogP) is 3.74. The smallest absolute Gasteiger partial charge is 0.184 e. The van der Waals surface area contributed by atoms with E-state index < -0.39 is 0 Å². The molecule has 0 radical (unpaired) electrons. The molecule has 0 saturated carbocycles. The van der Waals surface area contributed by atoms with E-state index in [-0.39, 0.29) is 0 Å². The fraction of sp³-hybridized carbons (Fsp3) is 0.214. The van der Waals surface area contributed by atoms with Gasteiger partial charge in [-0.15, -0.1) is 0 Å². The number of imidazole rings is 1. The van der Waals surface area contributed by atoms with E-state index in [1.807, 2.05) is 23.1 Å². The number of H-pyrrole nitrogens is 1. The summed E-state index contributed by atoms with van der Waals surface area (Å²) in [5.74, 6) is 0. The maximum Gasteiger partial charge on any atom is 0.184 e. The van der Waals surface area contributed by atoms with Crippen molar-refractivity contribution >= 4 is 35.0 Å². The summed E-state index contributed by atoms with van der Waals surface area (Å²) in [6.07, 6.45) is 0. The van der Waals surface area contributed by atoms with Gasteiger partial charge < -0.3 is 4.98 Å². The first-order valence-electron chi connectivity index (χ1n) is 6.45. The van der Waals surface area contributed by atoms with Crippen molar-refractivity contribution in [3.05, 3.63) is 39.3 Å². The molecular formula is C14H12ClN5S. The number of hydrogen-bond donors (Lipinski definition) is 1. The summed E-state index contributed by atoms with van der Waals surface area (Å²) >= 11 is 11.5. The minimum atomic E-state index is 0.512. The lowest BCUT2D eigenvalue weighted by molar-refractivity contribution is 0.661. The molecule has 0 unspecified atom stereocenters. The van der Waals surface area contributed by atoms with E-state index in [4.69, 9.17) is 23.8 Å². The highest BCUT2D eigenvalue weighted by Gasteiger charge is 2.17. The first-order chi connectivity index (χ1) is 10.1. The summed E-state index contributed by atoms with van der Waals surface area (Å²) in [6, 6.07) is 7.31. The first-order valence-corrected chi connectivity index (χ1v) is 7.23. The Balaban J connectivity index is 2.46. The molecule has 3 aromatic rings. The Hall–Kier alpha value is -2.10. The lowest BCUT2D eigenvalue weighted by Crippen LogP contribution is -2.05. The van der Waals surface area contributed by atoms with Crippen LogP contribution >= 0.6 is 23.8 Å². The van der Waals surface area contributed by atoms with Crippen LogP contribution in [0.4, 0.5) is 0 Å². The molecule has 2 heterocycles. The topological polar surface area (TPSA) is 62.3 Å². The Morgan fingerprint density at radius 3 is 2.90 bits per heavy atom. The van der Waals surface area contributed by atoms with Gasteiger partial charge in [0.1, 0.15) is 11.6 Å². The quantitative estimate of drug-likeness (QED) is 0.732. The normalized spacial score (nSPS) is 11.0. The van der Waals surface area contributed by atoms with Crippen LogP contribution in [-0.4, -0.2) is 19.3 Å². The highest BCUT2D eigenvalue weighted by Crippen LogP contribution is 2.26. The van der Waals surface area contributed by atoms with Gasteiger partial charge in [-0.05, 0) is 44.3 Å². The molecule has 0 saturated heterocycles. The van der Waals surface area contributed by atoms with Crippen LogP contribution in [0.15, 0.2) is 18.2 Å². The molecule has 0 fully saturated rings. The largest absolute Gasteiger partial charge is 0.327 e. The molecule has 0 aliphatic rings. The average Bonchev–Trinajstić information content (AvgIpc) is 2.95. The lowest BCUT2D eigenvalue weighted by atomic mass is 10.2. The van der Waals surface area contributed by atoms with E-state index in [1.54, 1.807) is 18.2 Å². The molecule has 0 atom stereocenters. The van der Waals surface area contributed by atoms with Gasteiger partial charge >= 0.3 is 0 Å². The van der Waals surface area contributed by atoms with Gasteiger partial charge in [-0.3, -0.25) is 4.57 Å². The van der Waals surface area contributed by atoms with Gasteiger partial charge in [-0.2, -0.15) is 10.4 Å². The van der Waals surface area contributed by atoms with Crippen molar-refractivity contribution in [2.75, 3.05) is 0 Å². The minimum absolute atomic E-state index is 0.512. The van der Waals surface area contributed by atoms with Crippen molar-refractivity contribution in [3.8, 4) is 11.8 Å². The SMILES string of the molecule is CCn1nc(C)c2[nH]c(=S)n(-c3cc(Cl)ccc3C#N)c21. The van der Waals surface area contributed by atoms with Crippen molar-refractivity contribution in [1.29, 1.82) is 5.26 Å². The maximum atomic E-state index is 9.33. The van der Waals surface area contributed by atoms with Crippen molar-refractivity contribution in [2.24, 2.45) is 0 Å². The Morgan fingerprint density at radius 1 is 1.48 bits per heavy atom. The van der Waals surface area contributed by atoms with Gasteiger partial charge in [-0.25, -0.2) is 4.68 Å². The van der Waals surface area contributed by atoms with Crippen LogP contribution in [0.25, 0.3) is 16.9 Å². The number of nitrogens with zero attached hydrogens (tertiary/aromatic N) is 4. The highest BCUT2D eigenvalue weighted by atomic mass is 35.5. The number of hydrogen-bond acceptors (Lipinski definition) is 3. The van der Waals surface area contributed by atoms with Crippen molar-refractivity contribution in [2.45, 2.75) is 20.4 Å². The second-order valence-corrected chi connectivity index (χ2v) is 5.46. The number of aryl methyl sites for hydroxylation is 2. The van der Waals surface area contributed by atoms with Gasteiger partial charge in [-0.1, -0.05) is 11.6 Å². The second kappa shape index (κ2) is 5.02. The van der Waals surface area contributed by atoms with Crippen LogP contribution < -0.4 is 0 Å². The van der Waals surface area contributed by atoms with Crippen molar-refractivity contribution in [3.63, 3.8) is 0 Å². The van der Waals surface area contributed by atoms with E-state index in [0.717, 1.165) is 16.9 Å². The zero-order chi connectivity index (χ0) is 15.1. The van der Waals surface area contributed by atoms with Gasteiger partial charge in [0.2, 0.25) is 0 Å². The minimum Gasteiger partial charge on any atom is -0.327 e. The van der Waals surface area contributed by atoms with E-state index in [2.05, 4.69) is 16.2 Å². The standard InChI is InChI=1S/C14H12ClN5S/c1-3-19-13-12(8(2)18-19)17-14(21)20(13)11-6-10(15)5-4-9(11)7-16/h4-6H,3H2,1-2H3,(H,17,21). The summed E-state index contributed by atoms with van der Waals surface area (Å²) in [5.41, 5.74) is 3.77. The monoisotopic (exact) mass is 317 g/mol. The molecule has 0 bridgehead atoms. The predicted molar refractivity (Wildman–Crippen MR) is 84.4 cm³/mol. The molecule has 106 valence electrons. The van der Waals surface area contributed by atoms with Gasteiger partial charge in [0.15, 0.2) is 10.4 Å². The van der Waals surface area contributed by atoms with E-state index in [1.165, 1.54) is 0 Å². The molecule has 5 nitrogen and oxygen atoms in total. The number of rotatable bonds is 2. The van der Waals surface area contributed by atoms with Crippen LogP contribution in [0.3, 0.4) is 0 Å². The van der Waals surface area contributed by atoms with Gasteiger partial charge in [0.25, 0.3) is 0 Å². The zero-order valence-electron chi connectivity index (χ0n) is 11.5. The van der Waals surface area contributed by atoms with Crippen LogP contribution in [0.1, 0.15) is 18.2 Å². The lowest BCUT2D eigenvalue weighted by Gasteiger charge is -2.08. The fourth-order valence-electron chi connectivity index (χ4n) is 2.43. The van der Waals surface area contributed by atoms with Gasteiger partial charge in [0.05, 0.1) is 16.9 Å². The third-order valence-corrected chi connectivity index (χ3v) is 3.89.